The van der Waals surface area contributed by atoms with Gasteiger partial charge in [0.2, 0.25) is 0 Å². The van der Waals surface area contributed by atoms with Crippen molar-refractivity contribution in [3.8, 4) is 0 Å². The molecule has 1 fully saturated rings. The molecule has 1 aliphatic carbocycles. The number of rotatable bonds is 5. The van der Waals surface area contributed by atoms with E-state index in [-0.39, 0.29) is 0 Å². The van der Waals surface area contributed by atoms with Crippen LogP contribution in [0.15, 0.2) is 0 Å². The van der Waals surface area contributed by atoms with E-state index in [4.69, 9.17) is 5.11 Å². The standard InChI is InChI=1S/C9H15FO2/c1-9(8(11)12,5-2-6-10)7-3-4-7/h7H,2-6H2,1H3,(H,11,12). The van der Waals surface area contributed by atoms with Crippen molar-refractivity contribution in [2.75, 3.05) is 6.67 Å². The van der Waals surface area contributed by atoms with Crippen LogP contribution in [0.5, 0.6) is 0 Å². The molecule has 0 spiro atoms. The average molecular weight is 174 g/mol. The first kappa shape index (κ1) is 9.49. The lowest BCUT2D eigenvalue weighted by molar-refractivity contribution is -0.149. The Morgan fingerprint density at radius 1 is 1.67 bits per heavy atom. The highest BCUT2D eigenvalue weighted by Gasteiger charge is 2.46. The van der Waals surface area contributed by atoms with E-state index < -0.39 is 18.1 Å². The molecule has 2 nitrogen and oxygen atoms in total. The normalized spacial score (nSPS) is 21.8. The summed E-state index contributed by atoms with van der Waals surface area (Å²) in [5.41, 5.74) is -0.661. The summed E-state index contributed by atoms with van der Waals surface area (Å²) in [7, 11) is 0. The van der Waals surface area contributed by atoms with Gasteiger partial charge in [-0.3, -0.25) is 9.18 Å². The molecule has 1 unspecified atom stereocenters. The Hall–Kier alpha value is -0.600. The molecule has 1 saturated carbocycles. The predicted octanol–water partition coefficient (Wildman–Crippen LogP) is 2.24. The molecule has 3 heteroatoms. The molecule has 0 saturated heterocycles. The van der Waals surface area contributed by atoms with Gasteiger partial charge in [0.25, 0.3) is 0 Å². The van der Waals surface area contributed by atoms with Gasteiger partial charge in [-0.15, -0.1) is 0 Å². The van der Waals surface area contributed by atoms with Crippen molar-refractivity contribution in [2.24, 2.45) is 11.3 Å². The van der Waals surface area contributed by atoms with Gasteiger partial charge in [-0.05, 0) is 38.5 Å². The van der Waals surface area contributed by atoms with E-state index in [0.717, 1.165) is 12.8 Å². The lowest BCUT2D eigenvalue weighted by Gasteiger charge is -2.23. The fraction of sp³-hybridized carbons (Fsp3) is 0.889. The highest BCUT2D eigenvalue weighted by Crippen LogP contribution is 2.48. The first-order chi connectivity index (χ1) is 5.61. The highest BCUT2D eigenvalue weighted by atomic mass is 19.1. The van der Waals surface area contributed by atoms with Gasteiger partial charge in [0, 0.05) is 0 Å². The van der Waals surface area contributed by atoms with Crippen LogP contribution in [0.3, 0.4) is 0 Å². The third kappa shape index (κ3) is 1.76. The van der Waals surface area contributed by atoms with Crippen LogP contribution in [0, 0.1) is 11.3 Å². The Morgan fingerprint density at radius 3 is 2.58 bits per heavy atom. The zero-order valence-electron chi connectivity index (χ0n) is 7.35. The summed E-state index contributed by atoms with van der Waals surface area (Å²) in [5, 5.41) is 8.95. The molecule has 70 valence electrons. The number of hydrogen-bond donors (Lipinski definition) is 1. The van der Waals surface area contributed by atoms with Crippen LogP contribution in [0.25, 0.3) is 0 Å². The van der Waals surface area contributed by atoms with E-state index in [1.54, 1.807) is 6.92 Å². The van der Waals surface area contributed by atoms with Crippen LogP contribution in [0.4, 0.5) is 4.39 Å². The Kier molecular flexibility index (Phi) is 2.70. The van der Waals surface area contributed by atoms with E-state index in [0.29, 0.717) is 18.8 Å². The van der Waals surface area contributed by atoms with Crippen molar-refractivity contribution in [3.05, 3.63) is 0 Å². The van der Waals surface area contributed by atoms with Crippen LogP contribution in [-0.4, -0.2) is 17.8 Å². The minimum absolute atomic E-state index is 0.293. The monoisotopic (exact) mass is 174 g/mol. The average Bonchev–Trinajstić information content (AvgIpc) is 2.82. The van der Waals surface area contributed by atoms with Gasteiger partial charge in [-0.1, -0.05) is 0 Å². The second kappa shape index (κ2) is 3.42. The maximum atomic E-state index is 11.9. The van der Waals surface area contributed by atoms with Crippen LogP contribution in [0.2, 0.25) is 0 Å². The van der Waals surface area contributed by atoms with Gasteiger partial charge in [0.15, 0.2) is 0 Å². The quantitative estimate of drug-likeness (QED) is 0.694. The summed E-state index contributed by atoms with van der Waals surface area (Å²) in [6.07, 6.45) is 2.84. The van der Waals surface area contributed by atoms with Crippen LogP contribution >= 0.6 is 0 Å². The van der Waals surface area contributed by atoms with E-state index in [1.165, 1.54) is 0 Å². The van der Waals surface area contributed by atoms with Gasteiger partial charge in [0.05, 0.1) is 12.1 Å². The lowest BCUT2D eigenvalue weighted by Crippen LogP contribution is -2.29. The molecule has 1 N–H and O–H groups in total. The van der Waals surface area contributed by atoms with Gasteiger partial charge >= 0.3 is 5.97 Å². The second-order valence-electron chi connectivity index (χ2n) is 3.79. The highest BCUT2D eigenvalue weighted by molar-refractivity contribution is 5.75. The molecule has 0 heterocycles. The smallest absolute Gasteiger partial charge is 0.309 e. The number of hydrogen-bond acceptors (Lipinski definition) is 1. The summed E-state index contributed by atoms with van der Waals surface area (Å²) in [6, 6.07) is 0. The minimum atomic E-state index is -0.765. The van der Waals surface area contributed by atoms with Gasteiger partial charge in [-0.2, -0.15) is 0 Å². The first-order valence-electron chi connectivity index (χ1n) is 4.40. The first-order valence-corrected chi connectivity index (χ1v) is 4.40. The van der Waals surface area contributed by atoms with Gasteiger partial charge in [-0.25, -0.2) is 0 Å². The number of carbonyl (C=O) groups is 1. The van der Waals surface area contributed by atoms with E-state index in [9.17, 15) is 9.18 Å². The molecule has 0 aliphatic heterocycles. The fourth-order valence-corrected chi connectivity index (χ4v) is 1.64. The molecular formula is C9H15FO2. The SMILES string of the molecule is CC(CCCF)(C(=O)O)C1CC1. The van der Waals surface area contributed by atoms with E-state index >= 15 is 0 Å². The number of aliphatic carboxylic acids is 1. The number of alkyl halides is 1. The predicted molar refractivity (Wildman–Crippen MR) is 43.7 cm³/mol. The Labute approximate surface area is 71.8 Å². The van der Waals surface area contributed by atoms with Gasteiger partial charge < -0.3 is 5.11 Å². The zero-order chi connectivity index (χ0) is 9.19. The Bertz CT molecular complexity index is 177. The second-order valence-corrected chi connectivity index (χ2v) is 3.79. The number of carboxylic acids is 1. The Balaban J connectivity index is 2.52. The number of carboxylic acid groups (broad SMARTS) is 1. The van der Waals surface area contributed by atoms with Crippen molar-refractivity contribution in [2.45, 2.75) is 32.6 Å². The van der Waals surface area contributed by atoms with E-state index in [1.807, 2.05) is 0 Å². The zero-order valence-corrected chi connectivity index (χ0v) is 7.35. The molecule has 1 atom stereocenters. The third-order valence-electron chi connectivity index (χ3n) is 2.80. The fourth-order valence-electron chi connectivity index (χ4n) is 1.64. The molecule has 0 amide bonds. The van der Waals surface area contributed by atoms with Crippen LogP contribution in [-0.2, 0) is 4.79 Å². The molecule has 0 aromatic rings. The summed E-state index contributed by atoms with van der Waals surface area (Å²) >= 11 is 0. The Morgan fingerprint density at radius 2 is 2.25 bits per heavy atom. The van der Waals surface area contributed by atoms with E-state index in [2.05, 4.69) is 0 Å². The summed E-state index contributed by atoms with van der Waals surface area (Å²) < 4.78 is 11.9. The minimum Gasteiger partial charge on any atom is -0.481 e. The molecule has 0 bridgehead atoms. The molecule has 0 radical (unpaired) electrons. The lowest BCUT2D eigenvalue weighted by atomic mass is 9.81. The molecule has 1 aliphatic rings. The van der Waals surface area contributed by atoms with Crippen LogP contribution < -0.4 is 0 Å². The summed E-state index contributed by atoms with van der Waals surface area (Å²) in [5.74, 6) is -0.472. The van der Waals surface area contributed by atoms with Gasteiger partial charge in [0.1, 0.15) is 0 Å². The number of halogens is 1. The summed E-state index contributed by atoms with van der Waals surface area (Å²) in [6.45, 7) is 1.33. The van der Waals surface area contributed by atoms with Crippen molar-refractivity contribution < 1.29 is 14.3 Å². The third-order valence-corrected chi connectivity index (χ3v) is 2.80. The molecular weight excluding hydrogens is 159 g/mol. The maximum absolute atomic E-state index is 11.9. The molecule has 1 rings (SSSR count). The van der Waals surface area contributed by atoms with Crippen molar-refractivity contribution >= 4 is 5.97 Å². The molecule has 0 aromatic carbocycles. The molecule has 0 aromatic heterocycles. The van der Waals surface area contributed by atoms with Crippen molar-refractivity contribution in [3.63, 3.8) is 0 Å². The summed E-state index contributed by atoms with van der Waals surface area (Å²) in [4.78, 5) is 10.9. The van der Waals surface area contributed by atoms with Crippen molar-refractivity contribution in [1.82, 2.24) is 0 Å². The van der Waals surface area contributed by atoms with Crippen LogP contribution in [0.1, 0.15) is 32.6 Å². The largest absolute Gasteiger partial charge is 0.481 e. The topological polar surface area (TPSA) is 37.3 Å². The maximum Gasteiger partial charge on any atom is 0.309 e. The van der Waals surface area contributed by atoms with Crippen molar-refractivity contribution in [1.29, 1.82) is 0 Å². The molecule has 12 heavy (non-hydrogen) atoms.